The van der Waals surface area contributed by atoms with Crippen LogP contribution < -0.4 is 4.90 Å². The molecule has 19 heavy (non-hydrogen) atoms. The zero-order valence-corrected chi connectivity index (χ0v) is 12.1. The molecule has 1 amide bonds. The molecule has 0 bridgehead atoms. The highest BCUT2D eigenvalue weighted by Crippen LogP contribution is 2.28. The molecule has 0 aliphatic heterocycles. The molecule has 0 spiro atoms. The average molecular weight is 286 g/mol. The number of nitrogens with zero attached hydrogens (tertiary/aromatic N) is 2. The summed E-state index contributed by atoms with van der Waals surface area (Å²) in [5, 5.41) is 9.48. The number of aryl methyl sites for hydroxylation is 1. The van der Waals surface area contributed by atoms with Gasteiger partial charge in [-0.3, -0.25) is 4.79 Å². The van der Waals surface area contributed by atoms with Crippen LogP contribution in [0.1, 0.15) is 35.8 Å². The van der Waals surface area contributed by atoms with E-state index in [9.17, 15) is 9.59 Å². The van der Waals surface area contributed by atoms with Gasteiger partial charge in [-0.05, 0) is 24.9 Å². The molecule has 0 aromatic carbocycles. The molecule has 1 N–H and O–H groups in total. The second-order valence-corrected chi connectivity index (χ2v) is 4.82. The summed E-state index contributed by atoms with van der Waals surface area (Å²) < 4.78 is 9.23. The molecule has 1 rings (SSSR count). The minimum Gasteiger partial charge on any atom is -0.478 e. The predicted octanol–water partition coefficient (Wildman–Crippen LogP) is 1.93. The summed E-state index contributed by atoms with van der Waals surface area (Å²) in [7, 11) is 1.56. The Bertz CT molecular complexity index is 459. The monoisotopic (exact) mass is 286 g/mol. The van der Waals surface area contributed by atoms with E-state index in [0.29, 0.717) is 23.9 Å². The van der Waals surface area contributed by atoms with Gasteiger partial charge in [0.05, 0.1) is 18.7 Å². The van der Waals surface area contributed by atoms with Crippen LogP contribution in [0.3, 0.4) is 0 Å². The standard InChI is InChI=1S/C12H18N2O4S/c1-4-6-18-7-5-9(15)14(3)11-10(12(16)17)8(2)13-19-11/h4-7H2,1-3H3,(H,16,17). The number of anilines is 1. The number of carbonyl (C=O) groups excluding carboxylic acids is 1. The fraction of sp³-hybridized carbons (Fsp3) is 0.583. The average Bonchev–Trinajstić information content (AvgIpc) is 2.75. The number of carbonyl (C=O) groups is 2. The minimum absolute atomic E-state index is 0.0929. The highest BCUT2D eigenvalue weighted by atomic mass is 32.1. The van der Waals surface area contributed by atoms with E-state index in [2.05, 4.69) is 4.37 Å². The summed E-state index contributed by atoms with van der Waals surface area (Å²) >= 11 is 1.02. The number of rotatable bonds is 7. The van der Waals surface area contributed by atoms with E-state index in [1.165, 1.54) is 4.90 Å². The molecule has 0 saturated carbocycles. The van der Waals surface area contributed by atoms with Crippen LogP contribution in [0.5, 0.6) is 0 Å². The molecule has 0 atom stereocenters. The number of aromatic nitrogens is 1. The highest BCUT2D eigenvalue weighted by Gasteiger charge is 2.23. The van der Waals surface area contributed by atoms with Crippen LogP contribution in [-0.2, 0) is 9.53 Å². The Labute approximate surface area is 116 Å². The second kappa shape index (κ2) is 7.20. The van der Waals surface area contributed by atoms with Crippen molar-refractivity contribution in [2.75, 3.05) is 25.2 Å². The molecular weight excluding hydrogens is 268 g/mol. The second-order valence-electron chi connectivity index (χ2n) is 4.07. The van der Waals surface area contributed by atoms with E-state index < -0.39 is 5.97 Å². The lowest BCUT2D eigenvalue weighted by atomic mass is 10.2. The first-order chi connectivity index (χ1) is 8.99. The van der Waals surface area contributed by atoms with Gasteiger partial charge in [-0.15, -0.1) is 0 Å². The van der Waals surface area contributed by atoms with Crippen molar-refractivity contribution in [1.82, 2.24) is 4.37 Å². The Hall–Kier alpha value is -1.47. The molecule has 0 unspecified atom stereocenters. The molecule has 106 valence electrons. The number of aromatic carboxylic acids is 1. The van der Waals surface area contributed by atoms with Gasteiger partial charge in [-0.2, -0.15) is 4.37 Å². The molecule has 0 fully saturated rings. The Kier molecular flexibility index (Phi) is 5.91. The summed E-state index contributed by atoms with van der Waals surface area (Å²) in [6, 6.07) is 0. The largest absolute Gasteiger partial charge is 0.478 e. The number of ether oxygens (including phenoxy) is 1. The maximum Gasteiger partial charge on any atom is 0.340 e. The zero-order valence-electron chi connectivity index (χ0n) is 11.3. The lowest BCUT2D eigenvalue weighted by Gasteiger charge is -2.15. The first kappa shape index (κ1) is 15.6. The van der Waals surface area contributed by atoms with Gasteiger partial charge in [-0.1, -0.05) is 6.92 Å². The molecule has 1 aromatic rings. The van der Waals surface area contributed by atoms with Crippen molar-refractivity contribution in [2.24, 2.45) is 0 Å². The van der Waals surface area contributed by atoms with Crippen molar-refractivity contribution in [3.05, 3.63) is 11.3 Å². The number of hydrogen-bond donors (Lipinski definition) is 1. The zero-order chi connectivity index (χ0) is 14.4. The SMILES string of the molecule is CCCOCCC(=O)N(C)c1snc(C)c1C(=O)O. The van der Waals surface area contributed by atoms with Crippen LogP contribution >= 0.6 is 11.5 Å². The summed E-state index contributed by atoms with van der Waals surface area (Å²) in [4.78, 5) is 24.4. The van der Waals surface area contributed by atoms with Gasteiger partial charge >= 0.3 is 5.97 Å². The van der Waals surface area contributed by atoms with E-state index >= 15 is 0 Å². The van der Waals surface area contributed by atoms with Crippen molar-refractivity contribution in [3.8, 4) is 0 Å². The Balaban J connectivity index is 2.69. The number of carboxylic acid groups (broad SMARTS) is 1. The highest BCUT2D eigenvalue weighted by molar-refractivity contribution is 7.11. The fourth-order valence-electron chi connectivity index (χ4n) is 1.52. The van der Waals surface area contributed by atoms with Gasteiger partial charge in [0.15, 0.2) is 0 Å². The summed E-state index contributed by atoms with van der Waals surface area (Å²) in [6.45, 7) is 4.58. The third-order valence-electron chi connectivity index (χ3n) is 2.55. The molecule has 7 heteroatoms. The van der Waals surface area contributed by atoms with Crippen LogP contribution in [0.4, 0.5) is 5.00 Å². The van der Waals surface area contributed by atoms with E-state index in [1.807, 2.05) is 6.92 Å². The normalized spacial score (nSPS) is 10.5. The topological polar surface area (TPSA) is 79.7 Å². The van der Waals surface area contributed by atoms with Gasteiger partial charge in [0.2, 0.25) is 5.91 Å². The van der Waals surface area contributed by atoms with E-state index in [-0.39, 0.29) is 17.9 Å². The summed E-state index contributed by atoms with van der Waals surface area (Å²) in [6.07, 6.45) is 1.13. The maximum absolute atomic E-state index is 11.9. The third-order valence-corrected chi connectivity index (χ3v) is 3.56. The molecule has 0 radical (unpaired) electrons. The van der Waals surface area contributed by atoms with Crippen LogP contribution in [0.15, 0.2) is 0 Å². The molecule has 0 saturated heterocycles. The van der Waals surface area contributed by atoms with Gasteiger partial charge < -0.3 is 14.7 Å². The van der Waals surface area contributed by atoms with E-state index in [0.717, 1.165) is 18.0 Å². The van der Waals surface area contributed by atoms with Crippen LogP contribution in [0.25, 0.3) is 0 Å². The lowest BCUT2D eigenvalue weighted by molar-refractivity contribution is -0.119. The van der Waals surface area contributed by atoms with Crippen molar-refractivity contribution in [3.63, 3.8) is 0 Å². The van der Waals surface area contributed by atoms with Crippen LogP contribution in [0.2, 0.25) is 0 Å². The lowest BCUT2D eigenvalue weighted by Crippen LogP contribution is -2.27. The quantitative estimate of drug-likeness (QED) is 0.775. The number of hydrogen-bond acceptors (Lipinski definition) is 5. The first-order valence-corrected chi connectivity index (χ1v) is 6.80. The van der Waals surface area contributed by atoms with E-state index in [1.54, 1.807) is 14.0 Å². The van der Waals surface area contributed by atoms with Crippen molar-refractivity contribution in [1.29, 1.82) is 0 Å². The van der Waals surface area contributed by atoms with Gasteiger partial charge in [0, 0.05) is 13.7 Å². The van der Waals surface area contributed by atoms with Gasteiger partial charge in [0.25, 0.3) is 0 Å². The number of amides is 1. The molecule has 6 nitrogen and oxygen atoms in total. The Morgan fingerprint density at radius 2 is 2.11 bits per heavy atom. The molecular formula is C12H18N2O4S. The molecule has 0 aliphatic rings. The third kappa shape index (κ3) is 4.00. The Morgan fingerprint density at radius 3 is 2.68 bits per heavy atom. The van der Waals surface area contributed by atoms with Crippen LogP contribution in [-0.4, -0.2) is 41.6 Å². The smallest absolute Gasteiger partial charge is 0.340 e. The minimum atomic E-state index is -1.07. The van der Waals surface area contributed by atoms with Gasteiger partial charge in [-0.25, -0.2) is 4.79 Å². The molecule has 1 aromatic heterocycles. The van der Waals surface area contributed by atoms with E-state index in [4.69, 9.17) is 9.84 Å². The summed E-state index contributed by atoms with van der Waals surface area (Å²) in [5.74, 6) is -1.25. The van der Waals surface area contributed by atoms with Crippen LogP contribution in [0, 0.1) is 6.92 Å². The Morgan fingerprint density at radius 1 is 1.42 bits per heavy atom. The van der Waals surface area contributed by atoms with Crippen molar-refractivity contribution >= 4 is 28.4 Å². The predicted molar refractivity (Wildman–Crippen MR) is 72.9 cm³/mol. The number of carboxylic acids is 1. The summed E-state index contributed by atoms with van der Waals surface area (Å²) in [5.41, 5.74) is 0.518. The molecule has 1 heterocycles. The van der Waals surface area contributed by atoms with Crippen molar-refractivity contribution in [2.45, 2.75) is 26.7 Å². The first-order valence-electron chi connectivity index (χ1n) is 6.02. The maximum atomic E-state index is 11.9. The van der Waals surface area contributed by atoms with Gasteiger partial charge in [0.1, 0.15) is 10.6 Å². The fourth-order valence-corrected chi connectivity index (χ4v) is 2.39. The van der Waals surface area contributed by atoms with Crippen molar-refractivity contribution < 1.29 is 19.4 Å². The molecule has 0 aliphatic carbocycles.